The summed E-state index contributed by atoms with van der Waals surface area (Å²) in [7, 11) is 0. The van der Waals surface area contributed by atoms with Crippen molar-refractivity contribution in [1.82, 2.24) is 4.90 Å². The van der Waals surface area contributed by atoms with Crippen molar-refractivity contribution in [3.8, 4) is 0 Å². The fourth-order valence-electron chi connectivity index (χ4n) is 4.33. The molecule has 2 aromatic rings. The highest BCUT2D eigenvalue weighted by Crippen LogP contribution is 2.37. The van der Waals surface area contributed by atoms with Crippen LogP contribution < -0.4 is 0 Å². The number of nitrogens with zero attached hydrogens (tertiary/aromatic N) is 1. The van der Waals surface area contributed by atoms with Crippen molar-refractivity contribution in [2.45, 2.75) is 69.2 Å². The van der Waals surface area contributed by atoms with E-state index in [1.54, 1.807) is 0 Å². The number of benzene rings is 2. The van der Waals surface area contributed by atoms with Crippen molar-refractivity contribution in [3.05, 3.63) is 71.3 Å². The molecule has 0 heterocycles. The van der Waals surface area contributed by atoms with Crippen molar-refractivity contribution in [2.75, 3.05) is 13.1 Å². The minimum absolute atomic E-state index is 0.665. The lowest BCUT2D eigenvalue weighted by Gasteiger charge is -2.27. The highest BCUT2D eigenvalue weighted by Gasteiger charge is 2.23. The van der Waals surface area contributed by atoms with Gasteiger partial charge in [-0.05, 0) is 67.8 Å². The Morgan fingerprint density at radius 2 is 1.63 bits per heavy atom. The van der Waals surface area contributed by atoms with Crippen LogP contribution in [0, 0.1) is 0 Å². The Bertz CT molecular complexity index is 652. The summed E-state index contributed by atoms with van der Waals surface area (Å²) in [6, 6.07) is 20.4. The van der Waals surface area contributed by atoms with E-state index >= 15 is 0 Å². The molecule has 1 aliphatic carbocycles. The van der Waals surface area contributed by atoms with Gasteiger partial charge in [0.25, 0.3) is 0 Å². The molecule has 1 saturated carbocycles. The molecule has 0 aromatic heterocycles. The fourth-order valence-corrected chi connectivity index (χ4v) is 5.22. The molecule has 0 saturated heterocycles. The normalized spacial score (nSPS) is 20.1. The van der Waals surface area contributed by atoms with E-state index < -0.39 is 0 Å². The quantitative estimate of drug-likeness (QED) is 0.391. The van der Waals surface area contributed by atoms with E-state index in [0.717, 1.165) is 6.54 Å². The molecule has 0 aliphatic heterocycles. The molecular formula is C25H34BrN. The second kappa shape index (κ2) is 11.0. The minimum atomic E-state index is 0.665. The maximum atomic E-state index is 3.90. The van der Waals surface area contributed by atoms with Gasteiger partial charge in [-0.3, -0.25) is 4.90 Å². The molecule has 2 unspecified atom stereocenters. The molecule has 3 rings (SSSR count). The van der Waals surface area contributed by atoms with E-state index in [0.29, 0.717) is 10.7 Å². The van der Waals surface area contributed by atoms with Crippen LogP contribution in [0.2, 0.25) is 0 Å². The molecule has 1 aliphatic rings. The first kappa shape index (κ1) is 20.6. The molecular weight excluding hydrogens is 394 g/mol. The first-order valence-electron chi connectivity index (χ1n) is 10.8. The fraction of sp³-hybridized carbons (Fsp3) is 0.520. The van der Waals surface area contributed by atoms with E-state index in [2.05, 4.69) is 82.4 Å². The van der Waals surface area contributed by atoms with Gasteiger partial charge in [-0.1, -0.05) is 90.3 Å². The van der Waals surface area contributed by atoms with Gasteiger partial charge in [0.15, 0.2) is 0 Å². The van der Waals surface area contributed by atoms with Crippen LogP contribution in [0.3, 0.4) is 0 Å². The molecule has 0 amide bonds. The molecule has 2 aromatic carbocycles. The SMILES string of the molecule is CCCN(CCCc1ccc(C2CCCCC2Br)cc1)Cc1ccccc1. The first-order valence-corrected chi connectivity index (χ1v) is 11.7. The van der Waals surface area contributed by atoms with Crippen LogP contribution in [0.15, 0.2) is 54.6 Å². The lowest BCUT2D eigenvalue weighted by molar-refractivity contribution is 0.262. The third-order valence-electron chi connectivity index (χ3n) is 5.82. The molecule has 0 N–H and O–H groups in total. The maximum absolute atomic E-state index is 3.90. The van der Waals surface area contributed by atoms with Crippen molar-refractivity contribution in [1.29, 1.82) is 0 Å². The number of halogens is 1. The highest BCUT2D eigenvalue weighted by molar-refractivity contribution is 9.09. The number of aryl methyl sites for hydroxylation is 1. The Hall–Kier alpha value is -1.12. The number of hydrogen-bond donors (Lipinski definition) is 0. The third kappa shape index (κ3) is 6.47. The molecule has 27 heavy (non-hydrogen) atoms. The summed E-state index contributed by atoms with van der Waals surface area (Å²) in [5.74, 6) is 0.707. The summed E-state index contributed by atoms with van der Waals surface area (Å²) in [6.07, 6.45) is 9.04. The Balaban J connectivity index is 1.48. The predicted molar refractivity (Wildman–Crippen MR) is 121 cm³/mol. The summed E-state index contributed by atoms with van der Waals surface area (Å²) < 4.78 is 0. The second-order valence-corrected chi connectivity index (χ2v) is 9.19. The Kier molecular flexibility index (Phi) is 8.41. The van der Waals surface area contributed by atoms with Crippen LogP contribution in [0.1, 0.15) is 68.1 Å². The molecule has 146 valence electrons. The van der Waals surface area contributed by atoms with Gasteiger partial charge in [-0.2, -0.15) is 0 Å². The van der Waals surface area contributed by atoms with E-state index in [4.69, 9.17) is 0 Å². The van der Waals surface area contributed by atoms with Gasteiger partial charge in [0.1, 0.15) is 0 Å². The molecule has 0 radical (unpaired) electrons. The smallest absolute Gasteiger partial charge is 0.0233 e. The lowest BCUT2D eigenvalue weighted by Crippen LogP contribution is -2.25. The monoisotopic (exact) mass is 427 g/mol. The van der Waals surface area contributed by atoms with Crippen LogP contribution in [-0.4, -0.2) is 22.8 Å². The zero-order valence-corrected chi connectivity index (χ0v) is 18.3. The summed E-state index contributed by atoms with van der Waals surface area (Å²) in [6.45, 7) is 5.71. The van der Waals surface area contributed by atoms with Crippen molar-refractivity contribution in [2.24, 2.45) is 0 Å². The molecule has 1 fully saturated rings. The molecule has 2 heteroatoms. The largest absolute Gasteiger partial charge is 0.299 e. The summed E-state index contributed by atoms with van der Waals surface area (Å²) in [5.41, 5.74) is 4.43. The average Bonchev–Trinajstić information content (AvgIpc) is 2.70. The Morgan fingerprint density at radius 1 is 0.889 bits per heavy atom. The Labute approximate surface area is 174 Å². The van der Waals surface area contributed by atoms with Crippen LogP contribution in [0.4, 0.5) is 0 Å². The third-order valence-corrected chi connectivity index (χ3v) is 6.91. The summed E-state index contributed by atoms with van der Waals surface area (Å²) in [5, 5.41) is 0. The van der Waals surface area contributed by atoms with Gasteiger partial charge in [0.2, 0.25) is 0 Å². The lowest BCUT2D eigenvalue weighted by atomic mass is 9.83. The zero-order valence-electron chi connectivity index (χ0n) is 16.7. The topological polar surface area (TPSA) is 3.24 Å². The summed E-state index contributed by atoms with van der Waals surface area (Å²) >= 11 is 3.90. The van der Waals surface area contributed by atoms with Gasteiger partial charge < -0.3 is 0 Å². The molecule has 0 bridgehead atoms. The van der Waals surface area contributed by atoms with Crippen molar-refractivity contribution >= 4 is 15.9 Å². The van der Waals surface area contributed by atoms with Crippen LogP contribution in [-0.2, 0) is 13.0 Å². The zero-order chi connectivity index (χ0) is 18.9. The second-order valence-electron chi connectivity index (χ2n) is 8.01. The number of rotatable bonds is 9. The van der Waals surface area contributed by atoms with Crippen LogP contribution in [0.25, 0.3) is 0 Å². The minimum Gasteiger partial charge on any atom is -0.299 e. The first-order chi connectivity index (χ1) is 13.3. The van der Waals surface area contributed by atoms with Crippen molar-refractivity contribution in [3.63, 3.8) is 0 Å². The molecule has 2 atom stereocenters. The average molecular weight is 428 g/mol. The number of alkyl halides is 1. The van der Waals surface area contributed by atoms with Crippen molar-refractivity contribution < 1.29 is 0 Å². The van der Waals surface area contributed by atoms with E-state index in [-0.39, 0.29) is 0 Å². The Morgan fingerprint density at radius 3 is 2.33 bits per heavy atom. The van der Waals surface area contributed by atoms with Crippen LogP contribution >= 0.6 is 15.9 Å². The van der Waals surface area contributed by atoms with Gasteiger partial charge in [0.05, 0.1) is 0 Å². The van der Waals surface area contributed by atoms with E-state index in [1.165, 1.54) is 74.7 Å². The summed E-state index contributed by atoms with van der Waals surface area (Å²) in [4.78, 5) is 3.26. The van der Waals surface area contributed by atoms with Crippen LogP contribution in [0.5, 0.6) is 0 Å². The van der Waals surface area contributed by atoms with Gasteiger partial charge in [0, 0.05) is 11.4 Å². The standard InChI is InChI=1S/C25H34BrN/c1-2-18-27(20-22-9-4-3-5-10-22)19-8-11-21-14-16-23(17-15-21)24-12-6-7-13-25(24)26/h3-5,9-10,14-17,24-25H,2,6-8,11-13,18-20H2,1H3. The number of hydrogen-bond acceptors (Lipinski definition) is 1. The highest BCUT2D eigenvalue weighted by atomic mass is 79.9. The van der Waals surface area contributed by atoms with Gasteiger partial charge >= 0.3 is 0 Å². The van der Waals surface area contributed by atoms with Gasteiger partial charge in [-0.15, -0.1) is 0 Å². The molecule has 1 nitrogen and oxygen atoms in total. The predicted octanol–water partition coefficient (Wildman–Crippen LogP) is 6.95. The maximum Gasteiger partial charge on any atom is 0.0233 e. The van der Waals surface area contributed by atoms with E-state index in [1.807, 2.05) is 0 Å². The molecule has 0 spiro atoms. The van der Waals surface area contributed by atoms with E-state index in [9.17, 15) is 0 Å². The van der Waals surface area contributed by atoms with Gasteiger partial charge in [-0.25, -0.2) is 0 Å².